The van der Waals surface area contributed by atoms with Crippen LogP contribution in [0, 0.1) is 0 Å². The van der Waals surface area contributed by atoms with E-state index in [-0.39, 0.29) is 16.6 Å². The second kappa shape index (κ2) is 10.0. The smallest absolute Gasteiger partial charge is 0.339 e. The summed E-state index contributed by atoms with van der Waals surface area (Å²) in [6, 6.07) is 24.7. The van der Waals surface area contributed by atoms with Gasteiger partial charge in [0.2, 0.25) is 0 Å². The van der Waals surface area contributed by atoms with Crippen LogP contribution in [0.1, 0.15) is 17.0 Å². The molecule has 1 N–H and O–H groups in total. The molecule has 1 unspecified atom stereocenters. The minimum absolute atomic E-state index is 0.0949. The Balaban J connectivity index is 1.55. The van der Waals surface area contributed by atoms with E-state index in [2.05, 4.69) is 17.4 Å². The first kappa shape index (κ1) is 20.8. The van der Waals surface area contributed by atoms with E-state index in [9.17, 15) is 13.2 Å². The molecule has 150 valence electrons. The van der Waals surface area contributed by atoms with Crippen molar-refractivity contribution in [3.8, 4) is 5.75 Å². The van der Waals surface area contributed by atoms with Crippen LogP contribution in [0.4, 0.5) is 0 Å². The van der Waals surface area contributed by atoms with E-state index in [1.807, 2.05) is 18.2 Å². The van der Waals surface area contributed by atoms with Crippen molar-refractivity contribution in [1.29, 1.82) is 0 Å². The predicted molar refractivity (Wildman–Crippen MR) is 113 cm³/mol. The highest BCUT2D eigenvalue weighted by Crippen LogP contribution is 2.21. The third-order valence-electron chi connectivity index (χ3n) is 4.51. The zero-order valence-corrected chi connectivity index (χ0v) is 16.7. The number of hydrogen-bond donors (Lipinski definition) is 1. The third-order valence-corrected chi connectivity index (χ3v) is 5.77. The first-order valence-corrected chi connectivity index (χ1v) is 10.8. The van der Waals surface area contributed by atoms with Gasteiger partial charge in [-0.3, -0.25) is 0 Å². The van der Waals surface area contributed by atoms with E-state index in [1.165, 1.54) is 17.7 Å². The van der Waals surface area contributed by atoms with Crippen molar-refractivity contribution >= 4 is 16.4 Å². The standard InChI is InChI=1S/C23H23NO4S/c25-18-21(17-24-16-15-19-7-3-1-4-8-19)20-11-13-22(14-12-20)28-29(26,27)23-9-5-2-6-10-23/h1-14,18,21,24H,15-17H2. The van der Waals surface area contributed by atoms with Crippen molar-refractivity contribution in [3.63, 3.8) is 0 Å². The summed E-state index contributed by atoms with van der Waals surface area (Å²) in [5.41, 5.74) is 2.04. The molecule has 0 spiro atoms. The Morgan fingerprint density at radius 2 is 1.48 bits per heavy atom. The van der Waals surface area contributed by atoms with Crippen molar-refractivity contribution in [2.75, 3.05) is 13.1 Å². The molecular weight excluding hydrogens is 386 g/mol. The number of benzene rings is 3. The fraction of sp³-hybridized carbons (Fsp3) is 0.174. The van der Waals surface area contributed by atoms with Crippen LogP contribution in [0.2, 0.25) is 0 Å². The minimum atomic E-state index is -3.88. The number of nitrogens with one attached hydrogen (secondary N) is 1. The normalized spacial score (nSPS) is 12.3. The maximum Gasteiger partial charge on any atom is 0.339 e. The molecule has 0 saturated carbocycles. The van der Waals surface area contributed by atoms with Gasteiger partial charge in [0.25, 0.3) is 0 Å². The summed E-state index contributed by atoms with van der Waals surface area (Å²) < 4.78 is 29.7. The number of carbonyl (C=O) groups excluding carboxylic acids is 1. The zero-order chi connectivity index (χ0) is 20.5. The molecule has 3 rings (SSSR count). The Labute approximate surface area is 171 Å². The SMILES string of the molecule is O=CC(CNCCc1ccccc1)c1ccc(OS(=O)(=O)c2ccccc2)cc1. The van der Waals surface area contributed by atoms with E-state index < -0.39 is 10.1 Å². The van der Waals surface area contributed by atoms with Crippen LogP contribution in [0.3, 0.4) is 0 Å². The maximum absolute atomic E-state index is 12.3. The van der Waals surface area contributed by atoms with E-state index >= 15 is 0 Å². The predicted octanol–water partition coefficient (Wildman–Crippen LogP) is 3.57. The summed E-state index contributed by atoms with van der Waals surface area (Å²) in [5, 5.41) is 3.30. The number of aldehydes is 1. The van der Waals surface area contributed by atoms with Crippen LogP contribution in [-0.2, 0) is 21.3 Å². The molecule has 0 aliphatic carbocycles. The highest BCUT2D eigenvalue weighted by Gasteiger charge is 2.16. The molecule has 0 aliphatic heterocycles. The van der Waals surface area contributed by atoms with Gasteiger partial charge >= 0.3 is 10.1 Å². The van der Waals surface area contributed by atoms with Crippen LogP contribution >= 0.6 is 0 Å². The lowest BCUT2D eigenvalue weighted by molar-refractivity contribution is -0.109. The third kappa shape index (κ3) is 6.01. The molecule has 5 nitrogen and oxygen atoms in total. The first-order valence-electron chi connectivity index (χ1n) is 9.38. The average molecular weight is 410 g/mol. The summed E-state index contributed by atoms with van der Waals surface area (Å²) in [5.74, 6) is -0.107. The van der Waals surface area contributed by atoms with Gasteiger partial charge in [0.15, 0.2) is 0 Å². The second-order valence-corrected chi connectivity index (χ2v) is 8.15. The zero-order valence-electron chi connectivity index (χ0n) is 15.9. The quantitative estimate of drug-likeness (QED) is 0.315. The summed E-state index contributed by atoms with van der Waals surface area (Å²) >= 11 is 0. The van der Waals surface area contributed by atoms with Gasteiger partial charge in [0, 0.05) is 6.54 Å². The molecular formula is C23H23NO4S. The second-order valence-electron chi connectivity index (χ2n) is 6.60. The molecule has 0 fully saturated rings. The van der Waals surface area contributed by atoms with Crippen molar-refractivity contribution < 1.29 is 17.4 Å². The lowest BCUT2D eigenvalue weighted by Crippen LogP contribution is -2.24. The Hall–Kier alpha value is -2.96. The Kier molecular flexibility index (Phi) is 7.16. The van der Waals surface area contributed by atoms with Gasteiger partial charge in [-0.1, -0.05) is 60.7 Å². The summed E-state index contributed by atoms with van der Waals surface area (Å²) in [7, 11) is -3.88. The summed E-state index contributed by atoms with van der Waals surface area (Å²) in [6.07, 6.45) is 1.78. The van der Waals surface area contributed by atoms with Crippen molar-refractivity contribution in [2.45, 2.75) is 17.2 Å². The lowest BCUT2D eigenvalue weighted by Gasteiger charge is -2.13. The Morgan fingerprint density at radius 3 is 2.10 bits per heavy atom. The molecule has 0 amide bonds. The molecule has 0 bridgehead atoms. The minimum Gasteiger partial charge on any atom is -0.379 e. The van der Waals surface area contributed by atoms with Gasteiger partial charge < -0.3 is 14.3 Å². The number of rotatable bonds is 10. The summed E-state index contributed by atoms with van der Waals surface area (Å²) in [6.45, 7) is 1.28. The topological polar surface area (TPSA) is 72.5 Å². The van der Waals surface area contributed by atoms with Gasteiger partial charge in [0.1, 0.15) is 16.9 Å². The highest BCUT2D eigenvalue weighted by atomic mass is 32.2. The molecule has 0 saturated heterocycles. The fourth-order valence-electron chi connectivity index (χ4n) is 2.91. The molecule has 0 heterocycles. The molecule has 3 aromatic carbocycles. The maximum atomic E-state index is 12.3. The van der Waals surface area contributed by atoms with Crippen molar-refractivity contribution in [3.05, 3.63) is 96.1 Å². The van der Waals surface area contributed by atoms with Gasteiger partial charge in [-0.05, 0) is 48.4 Å². The van der Waals surface area contributed by atoms with Gasteiger partial charge in [-0.25, -0.2) is 0 Å². The molecule has 0 aromatic heterocycles. The average Bonchev–Trinajstić information content (AvgIpc) is 2.76. The molecule has 3 aromatic rings. The highest BCUT2D eigenvalue weighted by molar-refractivity contribution is 7.87. The van der Waals surface area contributed by atoms with E-state index in [4.69, 9.17) is 4.18 Å². The first-order chi connectivity index (χ1) is 14.1. The molecule has 0 radical (unpaired) electrons. The van der Waals surface area contributed by atoms with Crippen LogP contribution in [0.15, 0.2) is 89.8 Å². The van der Waals surface area contributed by atoms with Gasteiger partial charge in [-0.15, -0.1) is 0 Å². The van der Waals surface area contributed by atoms with Crippen molar-refractivity contribution in [1.82, 2.24) is 5.32 Å². The Bertz CT molecular complexity index is 1000. The molecule has 1 atom stereocenters. The largest absolute Gasteiger partial charge is 0.379 e. The van der Waals surface area contributed by atoms with E-state index in [0.717, 1.165) is 24.8 Å². The fourth-order valence-corrected chi connectivity index (χ4v) is 3.86. The van der Waals surface area contributed by atoms with Crippen LogP contribution in [0.5, 0.6) is 5.75 Å². The monoisotopic (exact) mass is 409 g/mol. The van der Waals surface area contributed by atoms with Crippen molar-refractivity contribution in [2.24, 2.45) is 0 Å². The molecule has 6 heteroatoms. The lowest BCUT2D eigenvalue weighted by atomic mass is 10.0. The van der Waals surface area contributed by atoms with Gasteiger partial charge in [0.05, 0.1) is 5.92 Å². The summed E-state index contributed by atoms with van der Waals surface area (Å²) in [4.78, 5) is 11.6. The number of hydrogen-bond acceptors (Lipinski definition) is 5. The molecule has 0 aliphatic rings. The van der Waals surface area contributed by atoms with E-state index in [1.54, 1.807) is 42.5 Å². The molecule has 29 heavy (non-hydrogen) atoms. The van der Waals surface area contributed by atoms with Crippen LogP contribution < -0.4 is 9.50 Å². The van der Waals surface area contributed by atoms with Crippen LogP contribution in [-0.4, -0.2) is 27.8 Å². The Morgan fingerprint density at radius 1 is 0.862 bits per heavy atom. The van der Waals surface area contributed by atoms with Gasteiger partial charge in [-0.2, -0.15) is 8.42 Å². The number of carbonyl (C=O) groups is 1. The van der Waals surface area contributed by atoms with E-state index in [0.29, 0.717) is 6.54 Å². The van der Waals surface area contributed by atoms with Crippen LogP contribution in [0.25, 0.3) is 0 Å².